The molecule has 1 aliphatic rings. The van der Waals surface area contributed by atoms with E-state index < -0.39 is 0 Å². The SMILES string of the molecule is CCCCCOC1CCCCCC1NCC. The monoisotopic (exact) mass is 227 g/mol. The van der Waals surface area contributed by atoms with E-state index >= 15 is 0 Å². The summed E-state index contributed by atoms with van der Waals surface area (Å²) in [5.74, 6) is 0. The average molecular weight is 227 g/mol. The van der Waals surface area contributed by atoms with Gasteiger partial charge in [0.2, 0.25) is 0 Å². The highest BCUT2D eigenvalue weighted by Gasteiger charge is 2.23. The first-order valence-electron chi connectivity index (χ1n) is 7.23. The maximum atomic E-state index is 6.07. The molecule has 0 aromatic rings. The minimum atomic E-state index is 0.472. The summed E-state index contributed by atoms with van der Waals surface area (Å²) in [5.41, 5.74) is 0. The van der Waals surface area contributed by atoms with Crippen molar-refractivity contribution < 1.29 is 4.74 Å². The molecule has 2 heteroatoms. The number of rotatable bonds is 7. The van der Waals surface area contributed by atoms with Crippen LogP contribution in [0.5, 0.6) is 0 Å². The van der Waals surface area contributed by atoms with Crippen molar-refractivity contribution in [3.8, 4) is 0 Å². The maximum absolute atomic E-state index is 6.07. The third-order valence-electron chi connectivity index (χ3n) is 3.50. The lowest BCUT2D eigenvalue weighted by atomic mass is 10.1. The summed E-state index contributed by atoms with van der Waals surface area (Å²) >= 11 is 0. The maximum Gasteiger partial charge on any atom is 0.0728 e. The van der Waals surface area contributed by atoms with Gasteiger partial charge in [-0.15, -0.1) is 0 Å². The molecule has 0 radical (unpaired) electrons. The fraction of sp³-hybridized carbons (Fsp3) is 1.00. The summed E-state index contributed by atoms with van der Waals surface area (Å²) in [6.45, 7) is 6.46. The molecule has 0 bridgehead atoms. The van der Waals surface area contributed by atoms with Crippen LogP contribution < -0.4 is 5.32 Å². The Morgan fingerprint density at radius 2 is 1.88 bits per heavy atom. The van der Waals surface area contributed by atoms with Crippen LogP contribution in [0.2, 0.25) is 0 Å². The number of hydrogen-bond acceptors (Lipinski definition) is 2. The molecule has 2 atom stereocenters. The number of unbranched alkanes of at least 4 members (excludes halogenated alkanes) is 2. The Bertz CT molecular complexity index is 161. The minimum absolute atomic E-state index is 0.472. The molecule has 1 saturated carbocycles. The molecule has 0 saturated heterocycles. The van der Waals surface area contributed by atoms with Crippen molar-refractivity contribution in [3.05, 3.63) is 0 Å². The third kappa shape index (κ3) is 5.31. The van der Waals surface area contributed by atoms with Crippen molar-refractivity contribution in [2.24, 2.45) is 0 Å². The Hall–Kier alpha value is -0.0800. The van der Waals surface area contributed by atoms with Crippen molar-refractivity contribution in [2.75, 3.05) is 13.2 Å². The molecule has 0 spiro atoms. The molecule has 1 N–H and O–H groups in total. The second-order valence-electron chi connectivity index (χ2n) is 4.92. The number of nitrogens with one attached hydrogen (secondary N) is 1. The van der Waals surface area contributed by atoms with Crippen LogP contribution >= 0.6 is 0 Å². The Morgan fingerprint density at radius 1 is 1.06 bits per heavy atom. The zero-order valence-electron chi connectivity index (χ0n) is 11.1. The van der Waals surface area contributed by atoms with Gasteiger partial charge in [0.1, 0.15) is 0 Å². The van der Waals surface area contributed by atoms with Crippen molar-refractivity contribution in [2.45, 2.75) is 77.4 Å². The molecule has 0 amide bonds. The number of likely N-dealkylation sites (N-methyl/N-ethyl adjacent to an activating group) is 1. The van der Waals surface area contributed by atoms with Crippen molar-refractivity contribution in [1.29, 1.82) is 0 Å². The molecule has 0 aromatic heterocycles. The molecule has 0 aliphatic heterocycles. The fourth-order valence-electron chi connectivity index (χ4n) is 2.56. The number of ether oxygens (including phenoxy) is 1. The molecule has 2 unspecified atom stereocenters. The zero-order valence-corrected chi connectivity index (χ0v) is 11.1. The molecular weight excluding hydrogens is 198 g/mol. The second kappa shape index (κ2) is 9.00. The second-order valence-corrected chi connectivity index (χ2v) is 4.92. The van der Waals surface area contributed by atoms with Gasteiger partial charge < -0.3 is 10.1 Å². The first-order chi connectivity index (χ1) is 7.88. The molecule has 0 aromatic carbocycles. The van der Waals surface area contributed by atoms with Crippen molar-refractivity contribution >= 4 is 0 Å². The van der Waals surface area contributed by atoms with Crippen LogP contribution in [0.25, 0.3) is 0 Å². The molecule has 0 heterocycles. The van der Waals surface area contributed by atoms with Gasteiger partial charge in [-0.1, -0.05) is 46.0 Å². The summed E-state index contributed by atoms with van der Waals surface area (Å²) in [4.78, 5) is 0. The first-order valence-corrected chi connectivity index (χ1v) is 7.23. The first kappa shape index (κ1) is 14.0. The highest BCUT2D eigenvalue weighted by Crippen LogP contribution is 2.21. The summed E-state index contributed by atoms with van der Waals surface area (Å²) in [6, 6.07) is 0.606. The highest BCUT2D eigenvalue weighted by atomic mass is 16.5. The predicted octanol–water partition coefficient (Wildman–Crippen LogP) is 3.50. The van der Waals surface area contributed by atoms with Gasteiger partial charge in [0.25, 0.3) is 0 Å². The quantitative estimate of drug-likeness (QED) is 0.531. The van der Waals surface area contributed by atoms with Crippen LogP contribution in [-0.4, -0.2) is 25.3 Å². The lowest BCUT2D eigenvalue weighted by molar-refractivity contribution is 0.0205. The van der Waals surface area contributed by atoms with Crippen LogP contribution in [0.4, 0.5) is 0 Å². The number of hydrogen-bond donors (Lipinski definition) is 1. The minimum Gasteiger partial charge on any atom is -0.377 e. The van der Waals surface area contributed by atoms with Gasteiger partial charge >= 0.3 is 0 Å². The van der Waals surface area contributed by atoms with Crippen LogP contribution in [0.1, 0.15) is 65.2 Å². The lowest BCUT2D eigenvalue weighted by Crippen LogP contribution is -2.40. The van der Waals surface area contributed by atoms with Gasteiger partial charge in [0.15, 0.2) is 0 Å². The smallest absolute Gasteiger partial charge is 0.0728 e. The lowest BCUT2D eigenvalue weighted by Gasteiger charge is -2.26. The van der Waals surface area contributed by atoms with Crippen molar-refractivity contribution in [1.82, 2.24) is 5.32 Å². The van der Waals surface area contributed by atoms with Crippen LogP contribution in [0.15, 0.2) is 0 Å². The van der Waals surface area contributed by atoms with E-state index in [0.717, 1.165) is 13.2 Å². The topological polar surface area (TPSA) is 21.3 Å². The van der Waals surface area contributed by atoms with Gasteiger partial charge in [-0.05, 0) is 25.8 Å². The average Bonchev–Trinajstić information content (AvgIpc) is 2.51. The van der Waals surface area contributed by atoms with Gasteiger partial charge in [-0.2, -0.15) is 0 Å². The van der Waals surface area contributed by atoms with E-state index in [9.17, 15) is 0 Å². The van der Waals surface area contributed by atoms with Crippen LogP contribution in [0.3, 0.4) is 0 Å². The molecule has 1 aliphatic carbocycles. The van der Waals surface area contributed by atoms with Gasteiger partial charge in [-0.25, -0.2) is 0 Å². The Morgan fingerprint density at radius 3 is 2.62 bits per heavy atom. The standard InChI is InChI=1S/C14H29NO/c1-3-5-9-12-16-14-11-8-6-7-10-13(14)15-4-2/h13-15H,3-12H2,1-2H3. The third-order valence-corrected chi connectivity index (χ3v) is 3.50. The fourth-order valence-corrected chi connectivity index (χ4v) is 2.56. The van der Waals surface area contributed by atoms with E-state index in [1.165, 1.54) is 51.4 Å². The Labute approximate surface area is 101 Å². The summed E-state index contributed by atoms with van der Waals surface area (Å²) in [5, 5.41) is 3.59. The summed E-state index contributed by atoms with van der Waals surface area (Å²) < 4.78 is 6.07. The van der Waals surface area contributed by atoms with E-state index in [1.54, 1.807) is 0 Å². The van der Waals surface area contributed by atoms with Crippen molar-refractivity contribution in [3.63, 3.8) is 0 Å². The van der Waals surface area contributed by atoms with Crippen LogP contribution in [-0.2, 0) is 4.74 Å². The predicted molar refractivity (Wildman–Crippen MR) is 69.8 cm³/mol. The Balaban J connectivity index is 2.26. The van der Waals surface area contributed by atoms with Gasteiger partial charge in [0.05, 0.1) is 6.10 Å². The van der Waals surface area contributed by atoms with E-state index in [4.69, 9.17) is 4.74 Å². The molecule has 2 nitrogen and oxygen atoms in total. The molecule has 1 rings (SSSR count). The van der Waals surface area contributed by atoms with E-state index in [-0.39, 0.29) is 0 Å². The van der Waals surface area contributed by atoms with E-state index in [1.807, 2.05) is 0 Å². The zero-order chi connectivity index (χ0) is 11.6. The largest absolute Gasteiger partial charge is 0.377 e. The molecule has 1 fully saturated rings. The van der Waals surface area contributed by atoms with E-state index in [0.29, 0.717) is 12.1 Å². The Kier molecular flexibility index (Phi) is 7.87. The van der Waals surface area contributed by atoms with Crippen LogP contribution in [0, 0.1) is 0 Å². The van der Waals surface area contributed by atoms with Gasteiger partial charge in [0, 0.05) is 12.6 Å². The summed E-state index contributed by atoms with van der Waals surface area (Å²) in [7, 11) is 0. The summed E-state index contributed by atoms with van der Waals surface area (Å²) in [6.07, 6.45) is 10.9. The molecule has 96 valence electrons. The highest BCUT2D eigenvalue weighted by molar-refractivity contribution is 4.79. The molecule has 16 heavy (non-hydrogen) atoms. The van der Waals surface area contributed by atoms with Gasteiger partial charge in [-0.3, -0.25) is 0 Å². The van der Waals surface area contributed by atoms with E-state index in [2.05, 4.69) is 19.2 Å². The molecular formula is C14H29NO. The normalized spacial score (nSPS) is 26.6.